The lowest BCUT2D eigenvalue weighted by atomic mass is 10.2. The topological polar surface area (TPSA) is 63.7 Å². The molecular weight excluding hydrogens is 303 g/mol. The quantitative estimate of drug-likeness (QED) is 0.836. The molecule has 1 fully saturated rings. The van der Waals surface area contributed by atoms with Crippen LogP contribution in [0, 0.1) is 0 Å². The maximum Gasteiger partial charge on any atom is 0.421 e. The maximum absolute atomic E-state index is 12.8. The molecule has 2 rings (SSSR count). The molecule has 0 atom stereocenters. The molecule has 0 radical (unpaired) electrons. The first kappa shape index (κ1) is 16.3. The Morgan fingerprint density at radius 2 is 2.23 bits per heavy atom. The van der Waals surface area contributed by atoms with Crippen molar-refractivity contribution in [1.82, 2.24) is 15.2 Å². The van der Waals surface area contributed by atoms with E-state index in [1.807, 2.05) is 0 Å². The molecule has 0 aromatic carbocycles. The molecule has 2 amide bonds. The number of rotatable bonds is 5. The predicted molar refractivity (Wildman–Crippen MR) is 70.5 cm³/mol. The summed E-state index contributed by atoms with van der Waals surface area (Å²) in [6, 6.07) is 1.82. The number of nitrogens with zero attached hydrogens (tertiary/aromatic N) is 2. The minimum atomic E-state index is -4.52. The number of hydrogen-bond donors (Lipinski definition) is 1. The Kier molecular flexibility index (Phi) is 5.07. The fraction of sp³-hybridized carbons (Fsp3) is 0.538. The maximum atomic E-state index is 12.8. The van der Waals surface area contributed by atoms with E-state index in [9.17, 15) is 18.0 Å². The van der Waals surface area contributed by atoms with Crippen LogP contribution in [-0.4, -0.2) is 55.4 Å². The standard InChI is InChI=1S/C13H16F3N3O3/c1-21-6-5-18-12(20)19-7-9(8-19)22-11-10(13(14,15)16)3-2-4-17-11/h2-4,9H,5-8H2,1H3,(H,18,20). The number of amides is 2. The van der Waals surface area contributed by atoms with E-state index in [0.717, 1.165) is 6.07 Å². The number of likely N-dealkylation sites (tertiary alicyclic amines) is 1. The van der Waals surface area contributed by atoms with E-state index >= 15 is 0 Å². The molecule has 1 N–H and O–H groups in total. The number of ether oxygens (including phenoxy) is 2. The molecule has 1 aliphatic rings. The number of alkyl halides is 3. The third kappa shape index (κ3) is 4.00. The fourth-order valence-electron chi connectivity index (χ4n) is 1.91. The summed E-state index contributed by atoms with van der Waals surface area (Å²) in [5, 5.41) is 2.62. The fourth-order valence-corrected chi connectivity index (χ4v) is 1.91. The van der Waals surface area contributed by atoms with Gasteiger partial charge in [-0.25, -0.2) is 9.78 Å². The number of aromatic nitrogens is 1. The third-order valence-corrected chi connectivity index (χ3v) is 3.07. The van der Waals surface area contributed by atoms with Crippen LogP contribution in [0.3, 0.4) is 0 Å². The van der Waals surface area contributed by atoms with Crippen molar-refractivity contribution in [2.24, 2.45) is 0 Å². The second kappa shape index (κ2) is 6.82. The largest absolute Gasteiger partial charge is 0.470 e. The van der Waals surface area contributed by atoms with Crippen molar-refractivity contribution in [2.45, 2.75) is 12.3 Å². The lowest BCUT2D eigenvalue weighted by Gasteiger charge is -2.38. The molecule has 1 saturated heterocycles. The number of methoxy groups -OCH3 is 1. The molecule has 2 heterocycles. The van der Waals surface area contributed by atoms with Crippen LogP contribution in [0.25, 0.3) is 0 Å². The van der Waals surface area contributed by atoms with Gasteiger partial charge in [0.15, 0.2) is 0 Å². The Bertz CT molecular complexity index is 519. The Morgan fingerprint density at radius 1 is 1.50 bits per heavy atom. The van der Waals surface area contributed by atoms with Crippen LogP contribution in [0.15, 0.2) is 18.3 Å². The molecular formula is C13H16F3N3O3. The molecule has 122 valence electrons. The zero-order chi connectivity index (χ0) is 16.2. The molecule has 1 aromatic heterocycles. The van der Waals surface area contributed by atoms with Gasteiger partial charge in [0.2, 0.25) is 5.88 Å². The monoisotopic (exact) mass is 319 g/mol. The molecule has 0 spiro atoms. The van der Waals surface area contributed by atoms with E-state index in [2.05, 4.69) is 10.3 Å². The zero-order valence-corrected chi connectivity index (χ0v) is 11.9. The molecule has 22 heavy (non-hydrogen) atoms. The van der Waals surface area contributed by atoms with Gasteiger partial charge in [0.25, 0.3) is 0 Å². The van der Waals surface area contributed by atoms with Gasteiger partial charge in [-0.05, 0) is 12.1 Å². The number of nitrogens with one attached hydrogen (secondary N) is 1. The Labute approximate surface area is 125 Å². The van der Waals surface area contributed by atoms with E-state index in [1.54, 1.807) is 0 Å². The number of pyridine rings is 1. The van der Waals surface area contributed by atoms with Gasteiger partial charge in [0, 0.05) is 19.9 Å². The molecule has 1 aromatic rings. The highest BCUT2D eigenvalue weighted by Gasteiger charge is 2.38. The van der Waals surface area contributed by atoms with Gasteiger partial charge in [-0.3, -0.25) is 0 Å². The summed E-state index contributed by atoms with van der Waals surface area (Å²) in [7, 11) is 1.52. The smallest absolute Gasteiger partial charge is 0.421 e. The Hall–Kier alpha value is -2.03. The molecule has 0 aliphatic carbocycles. The summed E-state index contributed by atoms with van der Waals surface area (Å²) in [6.45, 7) is 1.19. The summed E-state index contributed by atoms with van der Waals surface area (Å²) in [5.74, 6) is -0.459. The Balaban J connectivity index is 1.85. The summed E-state index contributed by atoms with van der Waals surface area (Å²) in [4.78, 5) is 16.7. The molecule has 1 aliphatic heterocycles. The summed E-state index contributed by atoms with van der Waals surface area (Å²) >= 11 is 0. The van der Waals surface area contributed by atoms with Gasteiger partial charge in [-0.1, -0.05) is 0 Å². The lowest BCUT2D eigenvalue weighted by Crippen LogP contribution is -2.59. The van der Waals surface area contributed by atoms with Crippen molar-refractivity contribution in [3.63, 3.8) is 0 Å². The SMILES string of the molecule is COCCNC(=O)N1CC(Oc2ncccc2C(F)(F)F)C1. The van der Waals surface area contributed by atoms with E-state index in [4.69, 9.17) is 9.47 Å². The first-order valence-electron chi connectivity index (χ1n) is 6.62. The van der Waals surface area contributed by atoms with Gasteiger partial charge >= 0.3 is 12.2 Å². The van der Waals surface area contributed by atoms with E-state index < -0.39 is 23.7 Å². The van der Waals surface area contributed by atoms with E-state index in [0.29, 0.717) is 13.2 Å². The van der Waals surface area contributed by atoms with Crippen LogP contribution in [0.1, 0.15) is 5.56 Å². The second-order valence-corrected chi connectivity index (χ2v) is 4.72. The van der Waals surface area contributed by atoms with Crippen molar-refractivity contribution >= 4 is 6.03 Å². The average Bonchev–Trinajstić information content (AvgIpc) is 2.42. The van der Waals surface area contributed by atoms with Crippen LogP contribution in [0.4, 0.5) is 18.0 Å². The molecule has 0 unspecified atom stereocenters. The highest BCUT2D eigenvalue weighted by Crippen LogP contribution is 2.35. The van der Waals surface area contributed by atoms with Gasteiger partial charge in [-0.2, -0.15) is 13.2 Å². The molecule has 6 nitrogen and oxygen atoms in total. The molecule has 0 bridgehead atoms. The third-order valence-electron chi connectivity index (χ3n) is 3.07. The van der Waals surface area contributed by atoms with Crippen molar-refractivity contribution < 1.29 is 27.4 Å². The highest BCUT2D eigenvalue weighted by atomic mass is 19.4. The Morgan fingerprint density at radius 3 is 2.86 bits per heavy atom. The first-order chi connectivity index (χ1) is 10.4. The van der Waals surface area contributed by atoms with Gasteiger partial charge in [0.1, 0.15) is 11.7 Å². The molecule has 0 saturated carbocycles. The zero-order valence-electron chi connectivity index (χ0n) is 11.9. The van der Waals surface area contributed by atoms with Crippen LogP contribution < -0.4 is 10.1 Å². The summed E-state index contributed by atoms with van der Waals surface area (Å²) in [5.41, 5.74) is -0.919. The lowest BCUT2D eigenvalue weighted by molar-refractivity contribution is -0.140. The number of carbonyl (C=O) groups is 1. The van der Waals surface area contributed by atoms with Crippen molar-refractivity contribution in [1.29, 1.82) is 0 Å². The van der Waals surface area contributed by atoms with E-state index in [-0.39, 0.29) is 19.1 Å². The highest BCUT2D eigenvalue weighted by molar-refractivity contribution is 5.75. The number of carbonyl (C=O) groups excluding carboxylic acids is 1. The number of halogens is 3. The average molecular weight is 319 g/mol. The second-order valence-electron chi connectivity index (χ2n) is 4.72. The normalized spacial score (nSPS) is 15.4. The van der Waals surface area contributed by atoms with Crippen LogP contribution in [0.2, 0.25) is 0 Å². The van der Waals surface area contributed by atoms with Crippen LogP contribution in [-0.2, 0) is 10.9 Å². The number of hydrogen-bond acceptors (Lipinski definition) is 4. The summed E-state index contributed by atoms with van der Waals surface area (Å²) in [6.07, 6.45) is -3.78. The van der Waals surface area contributed by atoms with Crippen molar-refractivity contribution in [3.8, 4) is 5.88 Å². The van der Waals surface area contributed by atoms with Crippen LogP contribution >= 0.6 is 0 Å². The number of urea groups is 1. The van der Waals surface area contributed by atoms with Crippen molar-refractivity contribution in [3.05, 3.63) is 23.9 Å². The first-order valence-corrected chi connectivity index (χ1v) is 6.62. The van der Waals surface area contributed by atoms with Gasteiger partial charge in [0.05, 0.1) is 19.7 Å². The van der Waals surface area contributed by atoms with Gasteiger partial charge in [-0.15, -0.1) is 0 Å². The molecule has 9 heteroatoms. The van der Waals surface area contributed by atoms with E-state index in [1.165, 1.54) is 24.3 Å². The van der Waals surface area contributed by atoms with Gasteiger partial charge < -0.3 is 19.7 Å². The predicted octanol–water partition coefficient (Wildman–Crippen LogP) is 1.52. The van der Waals surface area contributed by atoms with Crippen molar-refractivity contribution in [2.75, 3.05) is 33.4 Å². The van der Waals surface area contributed by atoms with Crippen LogP contribution in [0.5, 0.6) is 5.88 Å². The minimum Gasteiger partial charge on any atom is -0.470 e. The minimum absolute atomic E-state index is 0.215. The summed E-state index contributed by atoms with van der Waals surface area (Å²) < 4.78 is 48.4.